The molecule has 0 bridgehead atoms. The van der Waals surface area contributed by atoms with E-state index in [2.05, 4.69) is 27.9 Å². The maximum atomic E-state index is 12.3. The molecule has 0 unspecified atom stereocenters. The molecule has 0 fully saturated rings. The molecule has 2 aromatic carbocycles. The lowest BCUT2D eigenvalue weighted by molar-refractivity contribution is -0.112. The van der Waals surface area contributed by atoms with E-state index in [4.69, 9.17) is 9.56 Å². The minimum absolute atomic E-state index is 0.00744. The SMILES string of the molecule is N#CC(=Cc1ccc(-c2ccc(S(N)(=O)=O)cc2)o1)C(=O)Nc1ccc(I)cc1. The number of benzene rings is 2. The van der Waals surface area contributed by atoms with Crippen LogP contribution < -0.4 is 10.5 Å². The van der Waals surface area contributed by atoms with Gasteiger partial charge in [-0.15, -0.1) is 0 Å². The van der Waals surface area contributed by atoms with Crippen molar-refractivity contribution in [2.24, 2.45) is 5.14 Å². The van der Waals surface area contributed by atoms with E-state index in [0.29, 0.717) is 22.8 Å². The van der Waals surface area contributed by atoms with Crippen molar-refractivity contribution in [3.63, 3.8) is 0 Å². The number of amides is 1. The second-order valence-corrected chi connectivity index (χ2v) is 8.71. The standard InChI is InChI=1S/C20H14IN3O4S/c21-15-3-5-16(6-4-15)24-20(25)14(12-22)11-17-7-10-19(28-17)13-1-8-18(9-2-13)29(23,26)27/h1-11H,(H,24,25)(H2,23,26,27). The number of carbonyl (C=O) groups is 1. The first kappa shape index (κ1) is 20.8. The minimum atomic E-state index is -3.77. The van der Waals surface area contributed by atoms with Crippen LogP contribution >= 0.6 is 22.6 Å². The highest BCUT2D eigenvalue weighted by Crippen LogP contribution is 2.25. The molecule has 0 aliphatic rings. The fourth-order valence-electron chi connectivity index (χ4n) is 2.42. The number of hydrogen-bond donors (Lipinski definition) is 2. The second kappa shape index (κ2) is 8.60. The highest BCUT2D eigenvalue weighted by atomic mass is 127. The van der Waals surface area contributed by atoms with Crippen LogP contribution in [0.1, 0.15) is 5.76 Å². The monoisotopic (exact) mass is 519 g/mol. The number of furan rings is 1. The molecular formula is C20H14IN3O4S. The Labute approximate surface area is 181 Å². The van der Waals surface area contributed by atoms with Gasteiger partial charge in [0, 0.05) is 20.9 Å². The Hall–Kier alpha value is -2.94. The highest BCUT2D eigenvalue weighted by molar-refractivity contribution is 14.1. The van der Waals surface area contributed by atoms with Crippen LogP contribution in [0.2, 0.25) is 0 Å². The topological polar surface area (TPSA) is 126 Å². The van der Waals surface area contributed by atoms with E-state index in [1.807, 2.05) is 18.2 Å². The Kier molecular flexibility index (Phi) is 6.17. The van der Waals surface area contributed by atoms with Gasteiger partial charge in [-0.3, -0.25) is 4.79 Å². The first-order valence-corrected chi connectivity index (χ1v) is 10.8. The fraction of sp³-hybridized carbons (Fsp3) is 0. The number of nitrogens with zero attached hydrogens (tertiary/aromatic N) is 1. The van der Waals surface area contributed by atoms with Crippen molar-refractivity contribution in [2.45, 2.75) is 4.90 Å². The zero-order valence-electron chi connectivity index (χ0n) is 14.8. The number of rotatable bonds is 5. The van der Waals surface area contributed by atoms with Gasteiger partial charge in [-0.05, 0) is 83.3 Å². The first-order valence-electron chi connectivity index (χ1n) is 8.18. The number of nitrogens with one attached hydrogen (secondary N) is 1. The van der Waals surface area contributed by atoms with Gasteiger partial charge in [0.15, 0.2) is 0 Å². The summed E-state index contributed by atoms with van der Waals surface area (Å²) in [6.07, 6.45) is 1.34. The molecule has 3 N–H and O–H groups in total. The summed E-state index contributed by atoms with van der Waals surface area (Å²) in [5.74, 6) is 0.210. The summed E-state index contributed by atoms with van der Waals surface area (Å²) in [4.78, 5) is 12.3. The van der Waals surface area contributed by atoms with Gasteiger partial charge >= 0.3 is 0 Å². The Morgan fingerprint density at radius 1 is 1.07 bits per heavy atom. The van der Waals surface area contributed by atoms with E-state index in [0.717, 1.165) is 3.57 Å². The smallest absolute Gasteiger partial charge is 0.266 e. The third-order valence-corrected chi connectivity index (χ3v) is 5.50. The number of nitrogens with two attached hydrogens (primary N) is 1. The van der Waals surface area contributed by atoms with Gasteiger partial charge in [-0.25, -0.2) is 13.6 Å². The predicted molar refractivity (Wildman–Crippen MR) is 117 cm³/mol. The van der Waals surface area contributed by atoms with Gasteiger partial charge in [-0.2, -0.15) is 5.26 Å². The summed E-state index contributed by atoms with van der Waals surface area (Å²) in [5, 5.41) is 17.1. The molecule has 1 heterocycles. The number of sulfonamides is 1. The predicted octanol–water partition coefficient (Wildman–Crippen LogP) is 3.74. The van der Waals surface area contributed by atoms with Gasteiger partial charge in [0.05, 0.1) is 4.90 Å². The highest BCUT2D eigenvalue weighted by Gasteiger charge is 2.12. The maximum absolute atomic E-state index is 12.3. The zero-order valence-corrected chi connectivity index (χ0v) is 17.8. The third kappa shape index (κ3) is 5.32. The summed E-state index contributed by atoms with van der Waals surface area (Å²) in [6, 6.07) is 18.1. The van der Waals surface area contributed by atoms with Crippen molar-refractivity contribution in [1.29, 1.82) is 5.26 Å². The van der Waals surface area contributed by atoms with E-state index in [-0.39, 0.29) is 10.5 Å². The molecule has 0 spiro atoms. The summed E-state index contributed by atoms with van der Waals surface area (Å²) < 4.78 is 29.3. The number of carbonyl (C=O) groups excluding carboxylic acids is 1. The van der Waals surface area contributed by atoms with E-state index >= 15 is 0 Å². The molecule has 0 aliphatic carbocycles. The van der Waals surface area contributed by atoms with Crippen molar-refractivity contribution in [3.05, 3.63) is 75.6 Å². The molecule has 29 heavy (non-hydrogen) atoms. The molecule has 3 rings (SSSR count). The van der Waals surface area contributed by atoms with E-state index in [1.165, 1.54) is 18.2 Å². The van der Waals surface area contributed by atoms with Crippen molar-refractivity contribution in [2.75, 3.05) is 5.32 Å². The first-order chi connectivity index (χ1) is 13.8. The van der Waals surface area contributed by atoms with Crippen LogP contribution in [-0.4, -0.2) is 14.3 Å². The molecule has 3 aromatic rings. The molecular weight excluding hydrogens is 505 g/mol. The van der Waals surface area contributed by atoms with Gasteiger partial charge in [-0.1, -0.05) is 0 Å². The molecule has 0 saturated heterocycles. The molecule has 146 valence electrons. The van der Waals surface area contributed by atoms with Gasteiger partial charge < -0.3 is 9.73 Å². The van der Waals surface area contributed by atoms with Gasteiger partial charge in [0.25, 0.3) is 5.91 Å². The molecule has 7 nitrogen and oxygen atoms in total. The van der Waals surface area contributed by atoms with Crippen molar-refractivity contribution in [3.8, 4) is 17.4 Å². The third-order valence-electron chi connectivity index (χ3n) is 3.85. The summed E-state index contributed by atoms with van der Waals surface area (Å²) in [6.45, 7) is 0. The Morgan fingerprint density at radius 3 is 2.31 bits per heavy atom. The molecule has 1 amide bonds. The van der Waals surface area contributed by atoms with Crippen molar-refractivity contribution >= 4 is 50.3 Å². The average molecular weight is 519 g/mol. The van der Waals surface area contributed by atoms with E-state index in [1.54, 1.807) is 36.4 Å². The number of anilines is 1. The Balaban J connectivity index is 1.79. The zero-order chi connectivity index (χ0) is 21.0. The lowest BCUT2D eigenvalue weighted by Crippen LogP contribution is -2.13. The quantitative estimate of drug-likeness (QED) is 0.302. The summed E-state index contributed by atoms with van der Waals surface area (Å²) in [7, 11) is -3.77. The number of primary sulfonamides is 1. The molecule has 0 saturated carbocycles. The molecule has 0 radical (unpaired) electrons. The average Bonchev–Trinajstić information content (AvgIpc) is 3.16. The maximum Gasteiger partial charge on any atom is 0.266 e. The van der Waals surface area contributed by atoms with Crippen molar-refractivity contribution < 1.29 is 17.6 Å². The van der Waals surface area contributed by atoms with Crippen LogP contribution in [0.15, 0.2) is 75.5 Å². The fourth-order valence-corrected chi connectivity index (χ4v) is 3.29. The number of hydrogen-bond acceptors (Lipinski definition) is 5. The normalized spacial score (nSPS) is 11.7. The number of halogens is 1. The Bertz CT molecular complexity index is 1220. The largest absolute Gasteiger partial charge is 0.457 e. The number of nitriles is 1. The Morgan fingerprint density at radius 2 is 1.72 bits per heavy atom. The van der Waals surface area contributed by atoms with Crippen LogP contribution in [0, 0.1) is 14.9 Å². The molecule has 0 aliphatic heterocycles. The van der Waals surface area contributed by atoms with Crippen LogP contribution in [0.3, 0.4) is 0 Å². The second-order valence-electron chi connectivity index (χ2n) is 5.90. The van der Waals surface area contributed by atoms with Crippen LogP contribution in [0.5, 0.6) is 0 Å². The van der Waals surface area contributed by atoms with Gasteiger partial charge in [0.2, 0.25) is 10.0 Å². The lowest BCUT2D eigenvalue weighted by atomic mass is 10.2. The molecule has 0 atom stereocenters. The van der Waals surface area contributed by atoms with Crippen molar-refractivity contribution in [1.82, 2.24) is 0 Å². The van der Waals surface area contributed by atoms with Crippen LogP contribution in [-0.2, 0) is 14.8 Å². The lowest BCUT2D eigenvalue weighted by Gasteiger charge is -2.04. The van der Waals surface area contributed by atoms with Crippen LogP contribution in [0.25, 0.3) is 17.4 Å². The van der Waals surface area contributed by atoms with E-state index in [9.17, 15) is 18.5 Å². The van der Waals surface area contributed by atoms with Crippen LogP contribution in [0.4, 0.5) is 5.69 Å². The summed E-state index contributed by atoms with van der Waals surface area (Å²) >= 11 is 2.15. The molecule has 9 heteroatoms. The molecule has 1 aromatic heterocycles. The minimum Gasteiger partial charge on any atom is -0.457 e. The van der Waals surface area contributed by atoms with E-state index < -0.39 is 15.9 Å². The van der Waals surface area contributed by atoms with Gasteiger partial charge in [0.1, 0.15) is 23.2 Å². The summed E-state index contributed by atoms with van der Waals surface area (Å²) in [5.41, 5.74) is 1.08.